The highest BCUT2D eigenvalue weighted by Gasteiger charge is 2.44. The van der Waals surface area contributed by atoms with Crippen molar-refractivity contribution >= 4 is 11.3 Å². The number of nitrogens with zero attached hydrogens (tertiary/aromatic N) is 4. The van der Waals surface area contributed by atoms with Crippen molar-refractivity contribution in [1.82, 2.24) is 19.7 Å². The zero-order valence-electron chi connectivity index (χ0n) is 13.8. The number of hydrogen-bond donors (Lipinski definition) is 0. The van der Waals surface area contributed by atoms with Gasteiger partial charge in [0.15, 0.2) is 0 Å². The van der Waals surface area contributed by atoms with Crippen molar-refractivity contribution in [2.45, 2.75) is 50.6 Å². The molecule has 0 saturated carbocycles. The maximum absolute atomic E-state index is 6.20. The molecule has 2 aliphatic heterocycles. The predicted molar refractivity (Wildman–Crippen MR) is 91.9 cm³/mol. The van der Waals surface area contributed by atoms with Gasteiger partial charge in [-0.3, -0.25) is 9.58 Å². The summed E-state index contributed by atoms with van der Waals surface area (Å²) in [5, 5.41) is 7.45. The molecule has 24 heavy (non-hydrogen) atoms. The minimum atomic E-state index is 0.174. The lowest BCUT2D eigenvalue weighted by Crippen LogP contribution is -2.41. The van der Waals surface area contributed by atoms with E-state index in [-0.39, 0.29) is 12.2 Å². The molecule has 4 rings (SSSR count). The zero-order valence-corrected chi connectivity index (χ0v) is 14.6. The van der Waals surface area contributed by atoms with Crippen molar-refractivity contribution in [3.63, 3.8) is 0 Å². The van der Waals surface area contributed by atoms with Crippen LogP contribution >= 0.6 is 11.3 Å². The molecule has 2 aromatic rings. The first-order valence-electron chi connectivity index (χ1n) is 8.73. The van der Waals surface area contributed by atoms with E-state index in [4.69, 9.17) is 9.47 Å². The Bertz CT molecular complexity index is 604. The van der Waals surface area contributed by atoms with E-state index in [0.29, 0.717) is 6.04 Å². The molecule has 2 fully saturated rings. The Balaban J connectivity index is 1.30. The third-order valence-electron chi connectivity index (χ3n) is 4.83. The van der Waals surface area contributed by atoms with Crippen LogP contribution in [-0.4, -0.2) is 57.7 Å². The Hall–Kier alpha value is -1.28. The third kappa shape index (κ3) is 3.69. The number of aromatic nitrogens is 3. The van der Waals surface area contributed by atoms with Crippen LogP contribution in [0.15, 0.2) is 30.0 Å². The first-order valence-corrected chi connectivity index (χ1v) is 9.61. The number of fused-ring (bicyclic) bond motifs is 1. The molecule has 2 saturated heterocycles. The SMILES string of the molecule is c1cnn(CCCO[C@@H]2CN(Cc3nccs3)[C@@H]3CCCO[C@@H]32)c1. The molecule has 0 bridgehead atoms. The molecule has 2 aromatic heterocycles. The normalized spacial score (nSPS) is 27.4. The summed E-state index contributed by atoms with van der Waals surface area (Å²) in [6, 6.07) is 2.42. The predicted octanol–water partition coefficient (Wildman–Crippen LogP) is 2.18. The van der Waals surface area contributed by atoms with Crippen molar-refractivity contribution in [3.8, 4) is 0 Å². The second-order valence-electron chi connectivity index (χ2n) is 6.43. The van der Waals surface area contributed by atoms with E-state index < -0.39 is 0 Å². The standard InChI is InChI=1S/C17H24N4O2S/c1-4-14-17(23-9-1)15(12-20(14)13-16-18-6-11-24-16)22-10-3-8-21-7-2-5-19-21/h2,5-7,11,14-15,17H,1,3-4,8-10,12-13H2/t14-,15-,17+/m1/s1. The highest BCUT2D eigenvalue weighted by molar-refractivity contribution is 7.09. The van der Waals surface area contributed by atoms with E-state index in [1.807, 2.05) is 34.7 Å². The van der Waals surface area contributed by atoms with Gasteiger partial charge in [0.1, 0.15) is 11.1 Å². The molecule has 7 heteroatoms. The van der Waals surface area contributed by atoms with E-state index >= 15 is 0 Å². The fourth-order valence-corrected chi connectivity index (χ4v) is 4.37. The average Bonchev–Trinajstić information content (AvgIpc) is 3.35. The fourth-order valence-electron chi connectivity index (χ4n) is 3.73. The summed E-state index contributed by atoms with van der Waals surface area (Å²) in [6.07, 6.45) is 9.39. The largest absolute Gasteiger partial charge is 0.374 e. The second kappa shape index (κ2) is 7.74. The monoisotopic (exact) mass is 348 g/mol. The molecule has 130 valence electrons. The van der Waals surface area contributed by atoms with Crippen LogP contribution in [0.25, 0.3) is 0 Å². The van der Waals surface area contributed by atoms with Crippen molar-refractivity contribution in [2.24, 2.45) is 0 Å². The Morgan fingerprint density at radius 2 is 2.38 bits per heavy atom. The molecule has 6 nitrogen and oxygen atoms in total. The van der Waals surface area contributed by atoms with Gasteiger partial charge in [-0.15, -0.1) is 11.3 Å². The number of thiazole rings is 1. The average molecular weight is 348 g/mol. The van der Waals surface area contributed by atoms with Crippen LogP contribution in [0.2, 0.25) is 0 Å². The fraction of sp³-hybridized carbons (Fsp3) is 0.647. The summed E-state index contributed by atoms with van der Waals surface area (Å²) in [5.74, 6) is 0. The maximum Gasteiger partial charge on any atom is 0.107 e. The Labute approximate surface area is 146 Å². The lowest BCUT2D eigenvalue weighted by Gasteiger charge is -2.32. The molecular formula is C17H24N4O2S. The van der Waals surface area contributed by atoms with Crippen LogP contribution < -0.4 is 0 Å². The van der Waals surface area contributed by atoms with Crippen LogP contribution in [0.1, 0.15) is 24.3 Å². The summed E-state index contributed by atoms with van der Waals surface area (Å²) in [6.45, 7) is 4.37. The topological polar surface area (TPSA) is 52.4 Å². The maximum atomic E-state index is 6.20. The zero-order chi connectivity index (χ0) is 16.2. The molecule has 0 N–H and O–H groups in total. The van der Waals surface area contributed by atoms with Gasteiger partial charge in [0.05, 0.1) is 12.6 Å². The summed E-state index contributed by atoms with van der Waals surface area (Å²) in [4.78, 5) is 6.93. The van der Waals surface area contributed by atoms with Gasteiger partial charge in [-0.05, 0) is 25.3 Å². The Kier molecular flexibility index (Phi) is 5.22. The molecule has 0 unspecified atom stereocenters. The van der Waals surface area contributed by atoms with Crippen molar-refractivity contribution in [3.05, 3.63) is 35.0 Å². The van der Waals surface area contributed by atoms with E-state index in [0.717, 1.165) is 45.7 Å². The quantitative estimate of drug-likeness (QED) is 0.718. The molecule has 3 atom stereocenters. The van der Waals surface area contributed by atoms with Gasteiger partial charge in [0, 0.05) is 56.3 Å². The van der Waals surface area contributed by atoms with Crippen LogP contribution in [-0.2, 0) is 22.6 Å². The number of ether oxygens (including phenoxy) is 2. The smallest absolute Gasteiger partial charge is 0.107 e. The highest BCUT2D eigenvalue weighted by atomic mass is 32.1. The molecule has 0 aliphatic carbocycles. The summed E-state index contributed by atoms with van der Waals surface area (Å²) < 4.78 is 14.2. The van der Waals surface area contributed by atoms with Crippen molar-refractivity contribution in [2.75, 3.05) is 19.8 Å². The highest BCUT2D eigenvalue weighted by Crippen LogP contribution is 2.32. The first-order chi connectivity index (χ1) is 11.9. The van der Waals surface area contributed by atoms with E-state index in [9.17, 15) is 0 Å². The van der Waals surface area contributed by atoms with Gasteiger partial charge >= 0.3 is 0 Å². The lowest BCUT2D eigenvalue weighted by molar-refractivity contribution is -0.0780. The molecule has 0 amide bonds. The van der Waals surface area contributed by atoms with E-state index in [2.05, 4.69) is 15.0 Å². The number of aryl methyl sites for hydroxylation is 1. The molecule has 4 heterocycles. The molecule has 2 aliphatic rings. The number of likely N-dealkylation sites (tertiary alicyclic amines) is 1. The second-order valence-corrected chi connectivity index (χ2v) is 7.41. The number of rotatable bonds is 7. The molecular weight excluding hydrogens is 324 g/mol. The van der Waals surface area contributed by atoms with Crippen molar-refractivity contribution in [1.29, 1.82) is 0 Å². The van der Waals surface area contributed by atoms with Gasteiger partial charge in [-0.2, -0.15) is 5.10 Å². The molecule has 0 aromatic carbocycles. The van der Waals surface area contributed by atoms with E-state index in [1.54, 1.807) is 11.3 Å². The van der Waals surface area contributed by atoms with Crippen LogP contribution in [0.3, 0.4) is 0 Å². The summed E-state index contributed by atoms with van der Waals surface area (Å²) >= 11 is 1.73. The molecule has 0 radical (unpaired) electrons. The van der Waals surface area contributed by atoms with Crippen LogP contribution in [0.5, 0.6) is 0 Å². The lowest BCUT2D eigenvalue weighted by atomic mass is 10.0. The van der Waals surface area contributed by atoms with Crippen LogP contribution in [0.4, 0.5) is 0 Å². The Morgan fingerprint density at radius 1 is 1.38 bits per heavy atom. The first kappa shape index (κ1) is 16.2. The van der Waals surface area contributed by atoms with Crippen molar-refractivity contribution < 1.29 is 9.47 Å². The van der Waals surface area contributed by atoms with Crippen LogP contribution in [0, 0.1) is 0 Å². The summed E-state index contributed by atoms with van der Waals surface area (Å²) in [5.41, 5.74) is 0. The van der Waals surface area contributed by atoms with Gasteiger partial charge in [0.25, 0.3) is 0 Å². The van der Waals surface area contributed by atoms with Gasteiger partial charge in [-0.1, -0.05) is 0 Å². The van der Waals surface area contributed by atoms with E-state index in [1.165, 1.54) is 11.4 Å². The number of hydrogen-bond acceptors (Lipinski definition) is 6. The van der Waals surface area contributed by atoms with Gasteiger partial charge in [0.2, 0.25) is 0 Å². The van der Waals surface area contributed by atoms with Gasteiger partial charge < -0.3 is 9.47 Å². The minimum absolute atomic E-state index is 0.174. The third-order valence-corrected chi connectivity index (χ3v) is 5.59. The van der Waals surface area contributed by atoms with Gasteiger partial charge in [-0.25, -0.2) is 4.98 Å². The molecule has 0 spiro atoms. The Morgan fingerprint density at radius 3 is 3.21 bits per heavy atom. The summed E-state index contributed by atoms with van der Waals surface area (Å²) in [7, 11) is 0. The minimum Gasteiger partial charge on any atom is -0.374 e.